The second-order valence-electron chi connectivity index (χ2n) is 1.54. The van der Waals surface area contributed by atoms with Gasteiger partial charge in [-0.15, -0.1) is 0 Å². The van der Waals surface area contributed by atoms with Gasteiger partial charge in [0.2, 0.25) is 4.80 Å². The number of halogens is 3. The zero-order valence-corrected chi connectivity index (χ0v) is 7.92. The molecule has 0 fully saturated rings. The first-order valence-electron chi connectivity index (χ1n) is 1.99. The SMILES string of the molecule is CC(O)(Cl)P(=O)(OCl)OCl. The predicted octanol–water partition coefficient (Wildman–Crippen LogP) is 2.43. The van der Waals surface area contributed by atoms with Crippen LogP contribution < -0.4 is 0 Å². The van der Waals surface area contributed by atoms with Gasteiger partial charge in [-0.3, -0.25) is 4.57 Å². The van der Waals surface area contributed by atoms with E-state index >= 15 is 0 Å². The third-order valence-corrected chi connectivity index (χ3v) is 3.76. The number of hydrogen-bond acceptors (Lipinski definition) is 4. The fraction of sp³-hybridized carbons (Fsp3) is 1.00. The summed E-state index contributed by atoms with van der Waals surface area (Å²) in [6.45, 7) is 0.972. The van der Waals surface area contributed by atoms with Crippen LogP contribution in [0.15, 0.2) is 0 Å². The minimum Gasteiger partial charge on any atom is -0.365 e. The quantitative estimate of drug-likeness (QED) is 0.596. The highest BCUT2D eigenvalue weighted by Crippen LogP contribution is 2.62. The molecule has 0 rings (SSSR count). The van der Waals surface area contributed by atoms with Gasteiger partial charge in [0.15, 0.2) is 0 Å². The maximum atomic E-state index is 10.9. The van der Waals surface area contributed by atoms with Crippen molar-refractivity contribution in [3.05, 3.63) is 0 Å². The van der Waals surface area contributed by atoms with Crippen molar-refractivity contribution in [1.82, 2.24) is 0 Å². The second kappa shape index (κ2) is 3.59. The molecule has 0 aromatic carbocycles. The topological polar surface area (TPSA) is 55.8 Å². The monoisotopic (exact) mass is 228 g/mol. The molecule has 0 bridgehead atoms. The molecule has 0 aliphatic carbocycles. The Morgan fingerprint density at radius 2 is 1.80 bits per heavy atom. The first-order chi connectivity index (χ1) is 4.37. The Hall–Kier alpha value is 0.980. The normalized spacial score (nSPS) is 18.5. The van der Waals surface area contributed by atoms with Crippen LogP contribution in [0.2, 0.25) is 0 Å². The number of rotatable bonds is 3. The van der Waals surface area contributed by atoms with Gasteiger partial charge >= 0.3 is 7.60 Å². The molecule has 1 atom stereocenters. The lowest BCUT2D eigenvalue weighted by molar-refractivity contribution is 0.193. The molecule has 0 heterocycles. The minimum absolute atomic E-state index is 0.972. The number of aliphatic hydroxyl groups is 1. The molecule has 0 aliphatic rings. The van der Waals surface area contributed by atoms with E-state index in [0.717, 1.165) is 6.92 Å². The largest absolute Gasteiger partial charge is 0.409 e. The molecule has 0 aromatic rings. The second-order valence-corrected chi connectivity index (χ2v) is 5.51. The van der Waals surface area contributed by atoms with E-state index in [2.05, 4.69) is 31.9 Å². The summed E-state index contributed by atoms with van der Waals surface area (Å²) in [5.74, 6) is 0. The first kappa shape index (κ1) is 11.0. The summed E-state index contributed by atoms with van der Waals surface area (Å²) in [5.41, 5.74) is 0. The van der Waals surface area contributed by atoms with Gasteiger partial charge in [-0.05, 0) is 6.92 Å². The molecule has 1 unspecified atom stereocenters. The Balaban J connectivity index is 4.51. The average Bonchev–Trinajstić information content (AvgIpc) is 1.84. The fourth-order valence-corrected chi connectivity index (χ4v) is 1.89. The van der Waals surface area contributed by atoms with Crippen molar-refractivity contribution in [2.24, 2.45) is 0 Å². The van der Waals surface area contributed by atoms with Crippen LogP contribution in [-0.4, -0.2) is 9.91 Å². The smallest absolute Gasteiger partial charge is 0.365 e. The molecule has 0 spiro atoms. The average molecular weight is 229 g/mol. The van der Waals surface area contributed by atoms with Gasteiger partial charge < -0.3 is 5.11 Å². The van der Waals surface area contributed by atoms with Crippen LogP contribution in [0.1, 0.15) is 6.92 Å². The van der Waals surface area contributed by atoms with Crippen LogP contribution in [0.25, 0.3) is 0 Å². The van der Waals surface area contributed by atoms with Crippen LogP contribution in [0, 0.1) is 0 Å². The lowest BCUT2D eigenvalue weighted by Crippen LogP contribution is -2.15. The third kappa shape index (κ3) is 2.24. The third-order valence-electron chi connectivity index (χ3n) is 0.682. The summed E-state index contributed by atoms with van der Waals surface area (Å²) in [7, 11) is -4.01. The van der Waals surface area contributed by atoms with E-state index < -0.39 is 12.4 Å². The van der Waals surface area contributed by atoms with E-state index in [1.54, 1.807) is 0 Å². The first-order valence-corrected chi connectivity index (χ1v) is 4.53. The van der Waals surface area contributed by atoms with Gasteiger partial charge in [0, 0.05) is 0 Å². The summed E-state index contributed by atoms with van der Waals surface area (Å²) in [5, 5.41) is 8.82. The van der Waals surface area contributed by atoms with E-state index in [1.807, 2.05) is 0 Å². The van der Waals surface area contributed by atoms with Crippen LogP contribution in [0.3, 0.4) is 0 Å². The van der Waals surface area contributed by atoms with Crippen LogP contribution in [0.4, 0.5) is 0 Å². The van der Waals surface area contributed by atoms with Gasteiger partial charge in [-0.25, -0.2) is 0 Å². The number of hydrogen-bond donors (Lipinski definition) is 1. The molecule has 4 nitrogen and oxygen atoms in total. The van der Waals surface area contributed by atoms with Crippen molar-refractivity contribution in [2.45, 2.75) is 11.7 Å². The van der Waals surface area contributed by atoms with Crippen LogP contribution >= 0.6 is 42.9 Å². The van der Waals surface area contributed by atoms with Gasteiger partial charge in [0.05, 0.1) is 23.7 Å². The van der Waals surface area contributed by atoms with Gasteiger partial charge in [-0.1, -0.05) is 11.6 Å². The molecule has 1 N–H and O–H groups in total. The molecule has 0 saturated heterocycles. The van der Waals surface area contributed by atoms with Crippen LogP contribution in [-0.2, 0) is 12.7 Å². The van der Waals surface area contributed by atoms with Gasteiger partial charge in [0.1, 0.15) is 0 Å². The van der Waals surface area contributed by atoms with Crippen molar-refractivity contribution in [1.29, 1.82) is 0 Å². The fourth-order valence-electron chi connectivity index (χ4n) is 0.137. The Bertz CT molecular complexity index is 145. The Labute approximate surface area is 72.8 Å². The molecule has 0 radical (unpaired) electrons. The highest BCUT2D eigenvalue weighted by molar-refractivity contribution is 7.59. The lowest BCUT2D eigenvalue weighted by Gasteiger charge is -2.19. The van der Waals surface area contributed by atoms with E-state index in [-0.39, 0.29) is 0 Å². The molecule has 62 valence electrons. The summed E-state index contributed by atoms with van der Waals surface area (Å²) in [6, 6.07) is 0. The highest BCUT2D eigenvalue weighted by atomic mass is 35.5. The zero-order valence-electron chi connectivity index (χ0n) is 4.75. The lowest BCUT2D eigenvalue weighted by atomic mass is 10.9. The zero-order chi connectivity index (χ0) is 8.41. The Morgan fingerprint density at radius 1 is 1.50 bits per heavy atom. The standard InChI is InChI=1S/C2H4Cl3O4P/c1-2(3,6)10(7,8-4)9-5/h6H,1H3. The van der Waals surface area contributed by atoms with Crippen molar-refractivity contribution in [3.63, 3.8) is 0 Å². The molecule has 8 heteroatoms. The summed E-state index contributed by atoms with van der Waals surface area (Å²) < 4.78 is 18.4. The molecule has 10 heavy (non-hydrogen) atoms. The van der Waals surface area contributed by atoms with Crippen molar-refractivity contribution >= 4 is 42.9 Å². The minimum atomic E-state index is -4.01. The molecular formula is C2H4Cl3O4P. The Kier molecular flexibility index (Phi) is 3.94. The number of alkyl halides is 1. The maximum Gasteiger partial charge on any atom is 0.409 e. The molecule has 0 amide bonds. The molecule has 0 saturated carbocycles. The van der Waals surface area contributed by atoms with Crippen LogP contribution in [0.5, 0.6) is 0 Å². The summed E-state index contributed by atoms with van der Waals surface area (Å²) >= 11 is 14.5. The summed E-state index contributed by atoms with van der Waals surface area (Å²) in [4.78, 5) is -2.23. The molecular weight excluding hydrogens is 225 g/mol. The molecule has 0 aromatic heterocycles. The van der Waals surface area contributed by atoms with E-state index in [9.17, 15) is 4.57 Å². The van der Waals surface area contributed by atoms with E-state index in [4.69, 9.17) is 16.7 Å². The van der Waals surface area contributed by atoms with E-state index in [0.29, 0.717) is 0 Å². The van der Waals surface area contributed by atoms with Crippen molar-refractivity contribution < 1.29 is 17.8 Å². The van der Waals surface area contributed by atoms with Gasteiger partial charge in [0.25, 0.3) is 0 Å². The predicted molar refractivity (Wildman–Crippen MR) is 38.0 cm³/mol. The summed E-state index contributed by atoms with van der Waals surface area (Å²) in [6.07, 6.45) is 0. The maximum absolute atomic E-state index is 10.9. The highest BCUT2D eigenvalue weighted by Gasteiger charge is 2.45. The van der Waals surface area contributed by atoms with Gasteiger partial charge in [-0.2, -0.15) is 8.15 Å². The van der Waals surface area contributed by atoms with E-state index in [1.165, 1.54) is 0 Å². The van der Waals surface area contributed by atoms with Crippen molar-refractivity contribution in [2.75, 3.05) is 0 Å². The van der Waals surface area contributed by atoms with Crippen molar-refractivity contribution in [3.8, 4) is 0 Å². The Morgan fingerprint density at radius 3 is 1.80 bits per heavy atom. The molecule has 0 aliphatic heterocycles.